The maximum atomic E-state index is 10.9. The lowest BCUT2D eigenvalue weighted by atomic mass is 9.98. The summed E-state index contributed by atoms with van der Waals surface area (Å²) < 4.78 is 10.8. The highest BCUT2D eigenvalue weighted by Crippen LogP contribution is 2.38. The number of aromatic carboxylic acids is 1. The molecule has 0 atom stereocenters. The second kappa shape index (κ2) is 5.87. The largest absolute Gasteiger partial charge is 0.496 e. The number of hydrogen-bond donors (Lipinski definition) is 2. The Morgan fingerprint density at radius 2 is 1.86 bits per heavy atom. The molecule has 2 rings (SSSR count). The Labute approximate surface area is 122 Å². The number of benzene rings is 1. The van der Waals surface area contributed by atoms with Gasteiger partial charge in [0.05, 0.1) is 19.9 Å². The van der Waals surface area contributed by atoms with Crippen LogP contribution in [0.1, 0.15) is 35.8 Å². The van der Waals surface area contributed by atoms with Crippen LogP contribution in [0.3, 0.4) is 0 Å². The molecular formula is C15H18N2O4. The van der Waals surface area contributed by atoms with Gasteiger partial charge in [-0.05, 0) is 24.1 Å². The number of nitrogens with zero attached hydrogens (tertiary/aromatic N) is 1. The highest BCUT2D eigenvalue weighted by Gasteiger charge is 2.18. The maximum Gasteiger partial charge on any atom is 0.353 e. The number of nitrogens with one attached hydrogen (secondary N) is 1. The van der Waals surface area contributed by atoms with Crippen molar-refractivity contribution in [3.8, 4) is 22.8 Å². The van der Waals surface area contributed by atoms with Gasteiger partial charge in [0.25, 0.3) is 0 Å². The minimum Gasteiger partial charge on any atom is -0.496 e. The molecule has 0 amide bonds. The predicted octanol–water partition coefficient (Wildman–Crippen LogP) is 2.92. The Kier molecular flexibility index (Phi) is 4.16. The predicted molar refractivity (Wildman–Crippen MR) is 78.2 cm³/mol. The molecular weight excluding hydrogens is 272 g/mol. The van der Waals surface area contributed by atoms with Crippen molar-refractivity contribution in [2.75, 3.05) is 14.2 Å². The number of ether oxygens (including phenoxy) is 2. The lowest BCUT2D eigenvalue weighted by Gasteiger charge is -2.16. The van der Waals surface area contributed by atoms with E-state index >= 15 is 0 Å². The molecule has 112 valence electrons. The van der Waals surface area contributed by atoms with Crippen molar-refractivity contribution >= 4 is 5.97 Å². The first-order chi connectivity index (χ1) is 9.97. The minimum atomic E-state index is -1.06. The fourth-order valence-corrected chi connectivity index (χ4v) is 2.14. The van der Waals surface area contributed by atoms with Crippen LogP contribution in [0.2, 0.25) is 0 Å². The average molecular weight is 290 g/mol. The van der Waals surface area contributed by atoms with E-state index in [0.29, 0.717) is 17.0 Å². The van der Waals surface area contributed by atoms with Gasteiger partial charge in [0, 0.05) is 11.1 Å². The van der Waals surface area contributed by atoms with E-state index in [9.17, 15) is 4.79 Å². The number of carboxylic acid groups (broad SMARTS) is 1. The number of carbonyl (C=O) groups is 1. The highest BCUT2D eigenvalue weighted by atomic mass is 16.5. The van der Waals surface area contributed by atoms with E-state index in [1.807, 2.05) is 12.1 Å². The van der Waals surface area contributed by atoms with Gasteiger partial charge >= 0.3 is 5.97 Å². The summed E-state index contributed by atoms with van der Waals surface area (Å²) in [7, 11) is 3.17. The SMILES string of the molecule is COc1cc(C(C)C)c(OC)cc1-c1cc(C(=O)O)[nH]n1. The Morgan fingerprint density at radius 3 is 2.33 bits per heavy atom. The lowest BCUT2D eigenvalue weighted by molar-refractivity contribution is 0.0690. The Balaban J connectivity index is 2.58. The van der Waals surface area contributed by atoms with E-state index in [1.54, 1.807) is 14.2 Å². The first-order valence-corrected chi connectivity index (χ1v) is 6.53. The summed E-state index contributed by atoms with van der Waals surface area (Å²) in [5.41, 5.74) is 2.23. The summed E-state index contributed by atoms with van der Waals surface area (Å²) in [6, 6.07) is 5.18. The van der Waals surface area contributed by atoms with Crippen molar-refractivity contribution in [1.29, 1.82) is 0 Å². The van der Waals surface area contributed by atoms with Crippen molar-refractivity contribution in [2.45, 2.75) is 19.8 Å². The third-order valence-electron chi connectivity index (χ3n) is 3.26. The summed E-state index contributed by atoms with van der Waals surface area (Å²) in [5, 5.41) is 15.5. The van der Waals surface area contributed by atoms with Gasteiger partial charge in [-0.2, -0.15) is 5.10 Å². The van der Waals surface area contributed by atoms with Crippen molar-refractivity contribution < 1.29 is 19.4 Å². The van der Waals surface area contributed by atoms with Gasteiger partial charge in [-0.3, -0.25) is 5.10 Å². The second-order valence-electron chi connectivity index (χ2n) is 4.92. The molecule has 2 N–H and O–H groups in total. The summed E-state index contributed by atoms with van der Waals surface area (Å²) in [6.07, 6.45) is 0. The molecule has 0 fully saturated rings. The van der Waals surface area contributed by atoms with Gasteiger partial charge in [0.2, 0.25) is 0 Å². The zero-order chi connectivity index (χ0) is 15.6. The molecule has 0 aliphatic carbocycles. The van der Waals surface area contributed by atoms with Crippen molar-refractivity contribution in [2.24, 2.45) is 0 Å². The van der Waals surface area contributed by atoms with E-state index in [0.717, 1.165) is 11.3 Å². The first-order valence-electron chi connectivity index (χ1n) is 6.53. The van der Waals surface area contributed by atoms with Crippen LogP contribution in [-0.2, 0) is 0 Å². The van der Waals surface area contributed by atoms with Crippen LogP contribution in [-0.4, -0.2) is 35.5 Å². The topological polar surface area (TPSA) is 84.4 Å². The zero-order valence-electron chi connectivity index (χ0n) is 12.4. The lowest BCUT2D eigenvalue weighted by Crippen LogP contribution is -1.98. The molecule has 0 aliphatic heterocycles. The molecule has 1 aromatic carbocycles. The average Bonchev–Trinajstić information content (AvgIpc) is 2.95. The van der Waals surface area contributed by atoms with Crippen LogP contribution in [0.15, 0.2) is 18.2 Å². The molecule has 0 radical (unpaired) electrons. The zero-order valence-corrected chi connectivity index (χ0v) is 12.4. The Bertz CT molecular complexity index is 662. The number of rotatable bonds is 5. The molecule has 0 saturated carbocycles. The van der Waals surface area contributed by atoms with E-state index in [4.69, 9.17) is 14.6 Å². The molecule has 0 unspecified atom stereocenters. The van der Waals surface area contributed by atoms with Gasteiger partial charge < -0.3 is 14.6 Å². The number of aromatic nitrogens is 2. The summed E-state index contributed by atoms with van der Waals surface area (Å²) in [4.78, 5) is 10.9. The smallest absolute Gasteiger partial charge is 0.353 e. The number of H-pyrrole nitrogens is 1. The molecule has 6 heteroatoms. The van der Waals surface area contributed by atoms with Gasteiger partial charge in [-0.25, -0.2) is 4.79 Å². The molecule has 21 heavy (non-hydrogen) atoms. The molecule has 0 aliphatic rings. The number of hydrogen-bond acceptors (Lipinski definition) is 4. The second-order valence-corrected chi connectivity index (χ2v) is 4.92. The molecule has 1 aromatic heterocycles. The van der Waals surface area contributed by atoms with E-state index in [-0.39, 0.29) is 11.6 Å². The monoisotopic (exact) mass is 290 g/mol. The van der Waals surface area contributed by atoms with Gasteiger partial charge in [0.15, 0.2) is 0 Å². The Morgan fingerprint density at radius 1 is 1.19 bits per heavy atom. The Hall–Kier alpha value is -2.50. The van der Waals surface area contributed by atoms with Gasteiger partial charge in [-0.15, -0.1) is 0 Å². The molecule has 1 heterocycles. The number of carboxylic acids is 1. The number of methoxy groups -OCH3 is 2. The van der Waals surface area contributed by atoms with Crippen molar-refractivity contribution in [3.05, 3.63) is 29.5 Å². The summed E-state index contributed by atoms with van der Waals surface area (Å²) in [6.45, 7) is 4.13. The van der Waals surface area contributed by atoms with Gasteiger partial charge in [0.1, 0.15) is 17.2 Å². The van der Waals surface area contributed by atoms with Crippen molar-refractivity contribution in [1.82, 2.24) is 10.2 Å². The number of aromatic amines is 1. The van der Waals surface area contributed by atoms with Crippen LogP contribution in [0.4, 0.5) is 0 Å². The quantitative estimate of drug-likeness (QED) is 0.884. The van der Waals surface area contributed by atoms with Crippen molar-refractivity contribution in [3.63, 3.8) is 0 Å². The molecule has 6 nitrogen and oxygen atoms in total. The van der Waals surface area contributed by atoms with E-state index < -0.39 is 5.97 Å². The van der Waals surface area contributed by atoms with Crippen LogP contribution in [0.25, 0.3) is 11.3 Å². The first kappa shape index (κ1) is 14.9. The molecule has 0 bridgehead atoms. The third-order valence-corrected chi connectivity index (χ3v) is 3.26. The van der Waals surface area contributed by atoms with Crippen LogP contribution >= 0.6 is 0 Å². The van der Waals surface area contributed by atoms with E-state index in [2.05, 4.69) is 24.0 Å². The fourth-order valence-electron chi connectivity index (χ4n) is 2.14. The standard InChI is InChI=1S/C15H18N2O4/c1-8(2)9-5-14(21-4)10(6-13(9)20-3)11-7-12(15(18)19)17-16-11/h5-8H,1-4H3,(H,16,17)(H,18,19). The molecule has 2 aromatic rings. The minimum absolute atomic E-state index is 0.0268. The van der Waals surface area contributed by atoms with Crippen LogP contribution < -0.4 is 9.47 Å². The summed E-state index contributed by atoms with van der Waals surface area (Å²) >= 11 is 0. The van der Waals surface area contributed by atoms with Crippen LogP contribution in [0.5, 0.6) is 11.5 Å². The van der Waals surface area contributed by atoms with Gasteiger partial charge in [-0.1, -0.05) is 13.8 Å². The normalized spacial score (nSPS) is 10.7. The van der Waals surface area contributed by atoms with Crippen LogP contribution in [0, 0.1) is 0 Å². The fraction of sp³-hybridized carbons (Fsp3) is 0.333. The highest BCUT2D eigenvalue weighted by molar-refractivity contribution is 5.87. The maximum absolute atomic E-state index is 10.9. The molecule has 0 saturated heterocycles. The van der Waals surface area contributed by atoms with E-state index in [1.165, 1.54) is 6.07 Å². The summed E-state index contributed by atoms with van der Waals surface area (Å²) in [5.74, 6) is 0.568. The third kappa shape index (κ3) is 2.84. The molecule has 0 spiro atoms.